The summed E-state index contributed by atoms with van der Waals surface area (Å²) in [5.74, 6) is -3.43. The van der Waals surface area contributed by atoms with Gasteiger partial charge in [0.05, 0.1) is 11.2 Å². The van der Waals surface area contributed by atoms with E-state index in [9.17, 15) is 32.6 Å². The standard InChI is InChI=1S/C23H25F4N3O4/c1-13-10-16(19(34-13)23(25,26)27)28-20(32)17-18(31)22(2)8-3-4-9-30(22)29(21(17)33)12-14-6-5-7-15(24)11-14/h5-7,10-11,21,31,33H,3-4,8-9,12H2,1-2H3,(H,28,32). The Morgan fingerprint density at radius 3 is 2.71 bits per heavy atom. The number of aryl methyl sites for hydroxylation is 1. The summed E-state index contributed by atoms with van der Waals surface area (Å²) < 4.78 is 58.4. The van der Waals surface area contributed by atoms with Gasteiger partial charge in [-0.05, 0) is 50.8 Å². The highest BCUT2D eigenvalue weighted by Gasteiger charge is 2.51. The van der Waals surface area contributed by atoms with Gasteiger partial charge in [-0.15, -0.1) is 0 Å². The minimum atomic E-state index is -4.85. The Morgan fingerprint density at radius 1 is 1.29 bits per heavy atom. The van der Waals surface area contributed by atoms with E-state index in [0.717, 1.165) is 18.9 Å². The van der Waals surface area contributed by atoms with Crippen molar-refractivity contribution < 1.29 is 37.0 Å². The number of furan rings is 1. The summed E-state index contributed by atoms with van der Waals surface area (Å²) in [6, 6.07) is 6.75. The summed E-state index contributed by atoms with van der Waals surface area (Å²) in [5.41, 5.74) is -1.64. The lowest BCUT2D eigenvalue weighted by Crippen LogP contribution is -2.66. The first-order chi connectivity index (χ1) is 15.9. The first-order valence-corrected chi connectivity index (χ1v) is 10.8. The fraction of sp³-hybridized carbons (Fsp3) is 0.435. The topological polar surface area (TPSA) is 89.2 Å². The largest absolute Gasteiger partial charge is 0.510 e. The number of nitrogens with one attached hydrogen (secondary N) is 1. The number of benzene rings is 1. The zero-order valence-corrected chi connectivity index (χ0v) is 18.6. The van der Waals surface area contributed by atoms with Crippen molar-refractivity contribution in [2.45, 2.75) is 57.6 Å². The van der Waals surface area contributed by atoms with E-state index in [1.54, 1.807) is 18.0 Å². The maximum atomic E-state index is 13.8. The summed E-state index contributed by atoms with van der Waals surface area (Å²) in [6.45, 7) is 3.47. The zero-order valence-electron chi connectivity index (χ0n) is 18.6. The molecule has 184 valence electrons. The molecule has 34 heavy (non-hydrogen) atoms. The van der Waals surface area contributed by atoms with Crippen LogP contribution in [-0.4, -0.2) is 44.4 Å². The Morgan fingerprint density at radius 2 is 2.03 bits per heavy atom. The number of hydrazine groups is 1. The van der Waals surface area contributed by atoms with Gasteiger partial charge < -0.3 is 19.9 Å². The quantitative estimate of drug-likeness (QED) is 0.556. The molecule has 11 heteroatoms. The molecule has 1 aromatic carbocycles. The van der Waals surface area contributed by atoms with Crippen molar-refractivity contribution in [3.8, 4) is 0 Å². The normalized spacial score (nSPS) is 24.3. The molecule has 0 spiro atoms. The predicted octanol–water partition coefficient (Wildman–Crippen LogP) is 4.49. The second-order valence-electron chi connectivity index (χ2n) is 8.77. The molecule has 3 heterocycles. The number of nitrogens with zero attached hydrogens (tertiary/aromatic N) is 2. The number of anilines is 1. The third kappa shape index (κ3) is 4.30. The molecule has 2 atom stereocenters. The van der Waals surface area contributed by atoms with Crippen LogP contribution in [0.3, 0.4) is 0 Å². The van der Waals surface area contributed by atoms with Crippen molar-refractivity contribution in [1.82, 2.24) is 10.0 Å². The van der Waals surface area contributed by atoms with Crippen LogP contribution in [0.25, 0.3) is 0 Å². The molecule has 2 aliphatic heterocycles. The third-order valence-corrected chi connectivity index (χ3v) is 6.31. The molecule has 1 fully saturated rings. The average Bonchev–Trinajstić information content (AvgIpc) is 3.12. The van der Waals surface area contributed by atoms with Gasteiger partial charge >= 0.3 is 6.18 Å². The fourth-order valence-corrected chi connectivity index (χ4v) is 4.68. The van der Waals surface area contributed by atoms with E-state index in [4.69, 9.17) is 4.42 Å². The summed E-state index contributed by atoms with van der Waals surface area (Å²) in [6.07, 6.45) is -4.60. The SMILES string of the molecule is Cc1cc(NC(=O)C2=C(O)C3(C)CCCCN3N(Cc3cccc(F)c3)C2O)c(C(F)(F)F)o1. The molecule has 1 saturated heterocycles. The number of alkyl halides is 3. The maximum Gasteiger partial charge on any atom is 0.451 e. The number of hydrogen-bond acceptors (Lipinski definition) is 6. The molecule has 0 aliphatic carbocycles. The van der Waals surface area contributed by atoms with Crippen LogP contribution < -0.4 is 5.32 Å². The minimum Gasteiger partial charge on any atom is -0.510 e. The number of rotatable bonds is 4. The molecule has 2 aromatic rings. The van der Waals surface area contributed by atoms with Crippen LogP contribution in [0, 0.1) is 12.7 Å². The van der Waals surface area contributed by atoms with Gasteiger partial charge in [-0.3, -0.25) is 4.79 Å². The lowest BCUT2D eigenvalue weighted by Gasteiger charge is -2.54. The molecule has 3 N–H and O–H groups in total. The van der Waals surface area contributed by atoms with E-state index in [0.29, 0.717) is 18.5 Å². The predicted molar refractivity (Wildman–Crippen MR) is 114 cm³/mol. The molecule has 0 bridgehead atoms. The van der Waals surface area contributed by atoms with Crippen LogP contribution in [0.2, 0.25) is 0 Å². The van der Waals surface area contributed by atoms with Gasteiger partial charge in [0, 0.05) is 19.2 Å². The zero-order chi connectivity index (χ0) is 24.8. The number of amides is 1. The first-order valence-electron chi connectivity index (χ1n) is 10.8. The van der Waals surface area contributed by atoms with E-state index in [-0.39, 0.29) is 12.3 Å². The Labute approximate surface area is 193 Å². The number of hydrogen-bond donors (Lipinski definition) is 3. The molecule has 0 radical (unpaired) electrons. The summed E-state index contributed by atoms with van der Waals surface area (Å²) >= 11 is 0. The van der Waals surface area contributed by atoms with Gasteiger partial charge in [0.25, 0.3) is 5.91 Å². The Hall–Kier alpha value is -2.89. The van der Waals surface area contributed by atoms with Gasteiger partial charge in [0.2, 0.25) is 5.76 Å². The first kappa shape index (κ1) is 24.2. The van der Waals surface area contributed by atoms with Crippen LogP contribution in [0.5, 0.6) is 0 Å². The van der Waals surface area contributed by atoms with Crippen LogP contribution >= 0.6 is 0 Å². The molecular weight excluding hydrogens is 458 g/mol. The van der Waals surface area contributed by atoms with Crippen molar-refractivity contribution in [3.05, 3.63) is 64.6 Å². The third-order valence-electron chi connectivity index (χ3n) is 6.31. The van der Waals surface area contributed by atoms with Crippen LogP contribution in [0.4, 0.5) is 23.2 Å². The van der Waals surface area contributed by atoms with Crippen molar-refractivity contribution in [1.29, 1.82) is 0 Å². The summed E-state index contributed by atoms with van der Waals surface area (Å²) in [5, 5.41) is 27.5. The van der Waals surface area contributed by atoms with Gasteiger partial charge in [-0.25, -0.2) is 14.4 Å². The Kier molecular flexibility index (Phi) is 6.21. The van der Waals surface area contributed by atoms with Crippen LogP contribution in [0.15, 0.2) is 46.1 Å². The lowest BCUT2D eigenvalue weighted by molar-refractivity contribution is -0.205. The highest BCUT2D eigenvalue weighted by molar-refractivity contribution is 6.05. The molecule has 2 unspecified atom stereocenters. The smallest absolute Gasteiger partial charge is 0.451 e. The molecule has 0 saturated carbocycles. The average molecular weight is 483 g/mol. The molecular formula is C23H25F4N3O4. The van der Waals surface area contributed by atoms with Gasteiger partial charge in [0.15, 0.2) is 6.23 Å². The maximum absolute atomic E-state index is 13.8. The van der Waals surface area contributed by atoms with Gasteiger partial charge in [-0.2, -0.15) is 13.2 Å². The molecule has 1 aromatic heterocycles. The van der Waals surface area contributed by atoms with Crippen molar-refractivity contribution >= 4 is 11.6 Å². The number of piperidine rings is 1. The van der Waals surface area contributed by atoms with E-state index in [2.05, 4.69) is 5.32 Å². The summed E-state index contributed by atoms with van der Waals surface area (Å²) in [7, 11) is 0. The number of aliphatic hydroxyl groups is 2. The second-order valence-corrected chi connectivity index (χ2v) is 8.77. The van der Waals surface area contributed by atoms with E-state index in [1.165, 1.54) is 30.1 Å². The number of carbonyl (C=O) groups is 1. The van der Waals surface area contributed by atoms with Crippen LogP contribution in [-0.2, 0) is 17.5 Å². The van der Waals surface area contributed by atoms with Gasteiger partial charge in [0.1, 0.15) is 22.9 Å². The highest BCUT2D eigenvalue weighted by Crippen LogP contribution is 2.43. The Bertz CT molecular complexity index is 1130. The van der Waals surface area contributed by atoms with Crippen molar-refractivity contribution in [2.75, 3.05) is 11.9 Å². The summed E-state index contributed by atoms with van der Waals surface area (Å²) in [4.78, 5) is 13.1. The number of halogens is 4. The molecule has 2 aliphatic rings. The van der Waals surface area contributed by atoms with Crippen molar-refractivity contribution in [2.24, 2.45) is 0 Å². The Balaban J connectivity index is 1.72. The number of aliphatic hydroxyl groups excluding tert-OH is 2. The molecule has 4 rings (SSSR count). The number of carbonyl (C=O) groups excluding carboxylic acids is 1. The number of fused-ring (bicyclic) bond motifs is 1. The highest BCUT2D eigenvalue weighted by atomic mass is 19.4. The van der Waals surface area contributed by atoms with Crippen molar-refractivity contribution in [3.63, 3.8) is 0 Å². The second kappa shape index (κ2) is 8.71. The van der Waals surface area contributed by atoms with Crippen LogP contribution in [0.1, 0.15) is 43.3 Å². The van der Waals surface area contributed by atoms with E-state index < -0.39 is 52.4 Å². The van der Waals surface area contributed by atoms with E-state index >= 15 is 0 Å². The lowest BCUT2D eigenvalue weighted by atomic mass is 9.83. The van der Waals surface area contributed by atoms with Gasteiger partial charge in [-0.1, -0.05) is 12.1 Å². The fourth-order valence-electron chi connectivity index (χ4n) is 4.68. The molecule has 7 nitrogen and oxygen atoms in total. The monoisotopic (exact) mass is 483 g/mol. The van der Waals surface area contributed by atoms with E-state index in [1.807, 2.05) is 0 Å². The molecule has 1 amide bonds. The minimum absolute atomic E-state index is 0.0111.